The Balaban J connectivity index is 3.10. The minimum absolute atomic E-state index is 0.00217. The monoisotopic (exact) mass is 336 g/mol. The lowest BCUT2D eigenvalue weighted by atomic mass is 9.95. The molecular formula is C11H11Br2FO. The number of ketones is 1. The second-order valence-corrected chi connectivity index (χ2v) is 5.28. The van der Waals surface area contributed by atoms with Gasteiger partial charge in [-0.15, -0.1) is 0 Å². The largest absolute Gasteiger partial charge is 0.299 e. The minimum atomic E-state index is -0.356. The highest BCUT2D eigenvalue weighted by molar-refractivity contribution is 9.10. The van der Waals surface area contributed by atoms with Gasteiger partial charge in [-0.25, -0.2) is 4.39 Å². The fourth-order valence-electron chi connectivity index (χ4n) is 1.44. The number of halogens is 3. The highest BCUT2D eigenvalue weighted by atomic mass is 79.9. The average molecular weight is 338 g/mol. The fourth-order valence-corrected chi connectivity index (χ4v) is 2.41. The van der Waals surface area contributed by atoms with Gasteiger partial charge in [-0.2, -0.15) is 0 Å². The molecule has 0 aliphatic rings. The lowest BCUT2D eigenvalue weighted by Gasteiger charge is -2.18. The summed E-state index contributed by atoms with van der Waals surface area (Å²) in [4.78, 5) is 10.8. The third-order valence-electron chi connectivity index (χ3n) is 2.28. The van der Waals surface area contributed by atoms with Crippen LogP contribution in [0, 0.1) is 5.82 Å². The zero-order chi connectivity index (χ0) is 11.6. The summed E-state index contributed by atoms with van der Waals surface area (Å²) in [6, 6.07) is 4.80. The van der Waals surface area contributed by atoms with E-state index in [-0.39, 0.29) is 22.3 Å². The third-order valence-corrected chi connectivity index (χ3v) is 4.41. The molecule has 0 aliphatic heterocycles. The number of hydrogen-bond donors (Lipinski definition) is 0. The van der Waals surface area contributed by atoms with Gasteiger partial charge < -0.3 is 0 Å². The molecule has 0 heterocycles. The molecule has 0 aliphatic carbocycles. The van der Waals surface area contributed by atoms with Crippen LogP contribution in [0.15, 0.2) is 22.7 Å². The number of carbonyl (C=O) groups excluding carboxylic acids is 1. The second-order valence-electron chi connectivity index (χ2n) is 3.44. The molecule has 0 radical (unpaired) electrons. The van der Waals surface area contributed by atoms with E-state index in [0.29, 0.717) is 10.0 Å². The molecule has 0 saturated heterocycles. The van der Waals surface area contributed by atoms with Crippen molar-refractivity contribution < 1.29 is 9.18 Å². The van der Waals surface area contributed by atoms with Gasteiger partial charge in [0.1, 0.15) is 11.6 Å². The first kappa shape index (κ1) is 12.8. The van der Waals surface area contributed by atoms with Gasteiger partial charge in [-0.3, -0.25) is 4.79 Å². The molecule has 2 atom stereocenters. The molecule has 4 heteroatoms. The van der Waals surface area contributed by atoms with E-state index >= 15 is 0 Å². The SMILES string of the molecule is CC(=O)C(Br)C(C)c1c(F)cccc1Br. The normalized spacial score (nSPS) is 14.7. The lowest BCUT2D eigenvalue weighted by molar-refractivity contribution is -0.116. The summed E-state index contributed by atoms with van der Waals surface area (Å²) >= 11 is 6.57. The van der Waals surface area contributed by atoms with Crippen LogP contribution in [0.25, 0.3) is 0 Å². The highest BCUT2D eigenvalue weighted by Gasteiger charge is 2.24. The number of alkyl halides is 1. The van der Waals surface area contributed by atoms with Gasteiger partial charge in [0.2, 0.25) is 0 Å². The molecule has 0 spiro atoms. The van der Waals surface area contributed by atoms with Crippen molar-refractivity contribution in [3.05, 3.63) is 34.1 Å². The van der Waals surface area contributed by atoms with E-state index in [1.807, 2.05) is 6.92 Å². The van der Waals surface area contributed by atoms with E-state index < -0.39 is 0 Å². The number of hydrogen-bond acceptors (Lipinski definition) is 1. The molecular weight excluding hydrogens is 327 g/mol. The zero-order valence-electron chi connectivity index (χ0n) is 8.43. The summed E-state index contributed by atoms with van der Waals surface area (Å²) in [5, 5.41) is 0. The van der Waals surface area contributed by atoms with Crippen molar-refractivity contribution in [3.8, 4) is 0 Å². The van der Waals surface area contributed by atoms with E-state index in [1.165, 1.54) is 13.0 Å². The van der Waals surface area contributed by atoms with Crippen LogP contribution in [-0.2, 0) is 4.79 Å². The quantitative estimate of drug-likeness (QED) is 0.760. The van der Waals surface area contributed by atoms with Gasteiger partial charge >= 0.3 is 0 Å². The molecule has 0 N–H and O–H groups in total. The smallest absolute Gasteiger partial charge is 0.144 e. The first-order chi connectivity index (χ1) is 6.95. The Morgan fingerprint density at radius 2 is 2.07 bits per heavy atom. The van der Waals surface area contributed by atoms with Crippen LogP contribution >= 0.6 is 31.9 Å². The van der Waals surface area contributed by atoms with Crippen LogP contribution in [0.4, 0.5) is 4.39 Å². The van der Waals surface area contributed by atoms with E-state index in [1.54, 1.807) is 12.1 Å². The molecule has 15 heavy (non-hydrogen) atoms. The molecule has 82 valence electrons. The maximum Gasteiger partial charge on any atom is 0.144 e. The number of rotatable bonds is 3. The van der Waals surface area contributed by atoms with Crippen molar-refractivity contribution in [2.45, 2.75) is 24.6 Å². The van der Waals surface area contributed by atoms with Crippen LogP contribution < -0.4 is 0 Å². The van der Waals surface area contributed by atoms with Crippen molar-refractivity contribution in [3.63, 3.8) is 0 Å². The third kappa shape index (κ3) is 2.88. The van der Waals surface area contributed by atoms with Crippen LogP contribution in [0.1, 0.15) is 25.3 Å². The second kappa shape index (κ2) is 5.21. The van der Waals surface area contributed by atoms with E-state index in [2.05, 4.69) is 31.9 Å². The summed E-state index contributed by atoms with van der Waals surface area (Å²) in [6.07, 6.45) is 0. The van der Waals surface area contributed by atoms with E-state index in [4.69, 9.17) is 0 Å². The van der Waals surface area contributed by atoms with E-state index in [9.17, 15) is 9.18 Å². The first-order valence-corrected chi connectivity index (χ1v) is 6.24. The molecule has 1 aromatic carbocycles. The van der Waals surface area contributed by atoms with Gasteiger partial charge in [0.25, 0.3) is 0 Å². The van der Waals surface area contributed by atoms with Crippen molar-refractivity contribution in [1.82, 2.24) is 0 Å². The summed E-state index contributed by atoms with van der Waals surface area (Å²) in [7, 11) is 0. The summed E-state index contributed by atoms with van der Waals surface area (Å²) in [6.45, 7) is 3.31. The number of benzene rings is 1. The number of carbonyl (C=O) groups is 1. The predicted octanol–water partition coefficient (Wildman–Crippen LogP) is 4.04. The molecule has 0 fully saturated rings. The number of Topliss-reactive ketones (excluding diaryl/α,β-unsaturated/α-hetero) is 1. The standard InChI is InChI=1S/C11H11Br2FO/c1-6(11(13)7(2)15)10-8(12)4-3-5-9(10)14/h3-6,11H,1-2H3. The Morgan fingerprint density at radius 1 is 1.47 bits per heavy atom. The Kier molecular flexibility index (Phi) is 4.46. The molecule has 1 aromatic rings. The first-order valence-electron chi connectivity index (χ1n) is 4.53. The Morgan fingerprint density at radius 3 is 2.53 bits per heavy atom. The highest BCUT2D eigenvalue weighted by Crippen LogP contribution is 2.32. The Bertz CT molecular complexity index is 359. The van der Waals surface area contributed by atoms with Gasteiger partial charge in [0, 0.05) is 16.0 Å². The van der Waals surface area contributed by atoms with Crippen LogP contribution in [0.3, 0.4) is 0 Å². The van der Waals surface area contributed by atoms with Crippen molar-refractivity contribution >= 4 is 37.6 Å². The van der Waals surface area contributed by atoms with Gasteiger partial charge in [0.15, 0.2) is 0 Å². The fraction of sp³-hybridized carbons (Fsp3) is 0.364. The molecule has 0 aromatic heterocycles. The molecule has 0 saturated carbocycles. The maximum absolute atomic E-state index is 13.6. The van der Waals surface area contributed by atoms with Gasteiger partial charge in [-0.1, -0.05) is 44.8 Å². The van der Waals surface area contributed by atoms with Gasteiger partial charge in [0.05, 0.1) is 4.83 Å². The topological polar surface area (TPSA) is 17.1 Å². The van der Waals surface area contributed by atoms with Crippen molar-refractivity contribution in [2.24, 2.45) is 0 Å². The minimum Gasteiger partial charge on any atom is -0.299 e. The average Bonchev–Trinajstić information content (AvgIpc) is 2.15. The molecule has 1 rings (SSSR count). The summed E-state index contributed by atoms with van der Waals surface area (Å²) in [5.41, 5.74) is 0.537. The molecule has 0 amide bonds. The Labute approximate surface area is 105 Å². The molecule has 0 bridgehead atoms. The summed E-state index contributed by atoms with van der Waals surface area (Å²) in [5.74, 6) is -0.488. The predicted molar refractivity (Wildman–Crippen MR) is 65.9 cm³/mol. The lowest BCUT2D eigenvalue weighted by Crippen LogP contribution is -2.18. The van der Waals surface area contributed by atoms with E-state index in [0.717, 1.165) is 0 Å². The Hall–Kier alpha value is -0.220. The van der Waals surface area contributed by atoms with Crippen LogP contribution in [0.2, 0.25) is 0 Å². The van der Waals surface area contributed by atoms with Gasteiger partial charge in [-0.05, 0) is 19.1 Å². The summed E-state index contributed by atoms with van der Waals surface area (Å²) < 4.78 is 14.3. The zero-order valence-corrected chi connectivity index (χ0v) is 11.6. The van der Waals surface area contributed by atoms with Crippen molar-refractivity contribution in [1.29, 1.82) is 0 Å². The van der Waals surface area contributed by atoms with Crippen molar-refractivity contribution in [2.75, 3.05) is 0 Å². The van der Waals surface area contributed by atoms with Crippen LogP contribution in [0.5, 0.6) is 0 Å². The molecule has 1 nitrogen and oxygen atoms in total. The molecule has 2 unspecified atom stereocenters. The maximum atomic E-state index is 13.6. The van der Waals surface area contributed by atoms with Crippen LogP contribution in [-0.4, -0.2) is 10.6 Å².